The molecule has 1 aromatic carbocycles. The van der Waals surface area contributed by atoms with Crippen LogP contribution in [0.4, 0.5) is 4.39 Å². The van der Waals surface area contributed by atoms with Crippen molar-refractivity contribution in [1.82, 2.24) is 20.2 Å². The van der Waals surface area contributed by atoms with Crippen molar-refractivity contribution in [3.63, 3.8) is 0 Å². The van der Waals surface area contributed by atoms with Gasteiger partial charge < -0.3 is 15.2 Å². The van der Waals surface area contributed by atoms with Gasteiger partial charge in [-0.3, -0.25) is 14.4 Å². The second-order valence-corrected chi connectivity index (χ2v) is 10.7. The second-order valence-electron chi connectivity index (χ2n) is 10.7. The maximum absolute atomic E-state index is 14.3. The molecule has 36 heavy (non-hydrogen) atoms. The molecule has 3 atom stereocenters. The van der Waals surface area contributed by atoms with Crippen LogP contribution in [0.15, 0.2) is 12.1 Å². The van der Waals surface area contributed by atoms with Crippen molar-refractivity contribution in [1.29, 1.82) is 0 Å². The number of piperidine rings is 1. The van der Waals surface area contributed by atoms with Crippen molar-refractivity contribution in [3.05, 3.63) is 29.3 Å². The maximum Gasteiger partial charge on any atom is 0.225 e. The summed E-state index contributed by atoms with van der Waals surface area (Å²) in [5.74, 6) is -0.362. The minimum atomic E-state index is -0.887. The molecule has 0 bridgehead atoms. The average Bonchev–Trinajstić information content (AvgIpc) is 3.26. The molecule has 0 unspecified atom stereocenters. The van der Waals surface area contributed by atoms with Gasteiger partial charge in [0.25, 0.3) is 0 Å². The summed E-state index contributed by atoms with van der Waals surface area (Å²) in [6.45, 7) is 10.5. The van der Waals surface area contributed by atoms with E-state index < -0.39 is 11.9 Å². The van der Waals surface area contributed by atoms with Crippen LogP contribution in [0.3, 0.4) is 0 Å². The fraction of sp³-hybridized carbons (Fsp3) is 0.643. The molecule has 2 N–H and O–H groups in total. The van der Waals surface area contributed by atoms with Crippen molar-refractivity contribution in [2.75, 3.05) is 6.54 Å². The summed E-state index contributed by atoms with van der Waals surface area (Å²) < 4.78 is 14.3. The number of likely N-dealkylation sites (tertiary alicyclic amines) is 1. The van der Waals surface area contributed by atoms with Gasteiger partial charge in [0.15, 0.2) is 11.6 Å². The van der Waals surface area contributed by atoms with Crippen molar-refractivity contribution >= 4 is 28.6 Å². The summed E-state index contributed by atoms with van der Waals surface area (Å²) in [4.78, 5) is 48.7. The van der Waals surface area contributed by atoms with E-state index in [0.717, 1.165) is 31.2 Å². The second kappa shape index (κ2) is 12.5. The first-order valence-corrected chi connectivity index (χ1v) is 13.4. The van der Waals surface area contributed by atoms with Crippen LogP contribution in [0.5, 0.6) is 0 Å². The SMILES string of the molecule is CC[C@H]1CCCCN1C(=O)C[C@H](NC(=O)CCC(C)C)C(=O)C[C@H](C)c1nc2c(F)cc(C)cc2[nH]1. The Morgan fingerprint density at radius 3 is 2.64 bits per heavy atom. The zero-order valence-corrected chi connectivity index (χ0v) is 22.3. The van der Waals surface area contributed by atoms with Crippen molar-refractivity contribution in [2.45, 2.75) is 104 Å². The van der Waals surface area contributed by atoms with Crippen LogP contribution in [-0.4, -0.2) is 51.1 Å². The number of nitrogens with zero attached hydrogens (tertiary/aromatic N) is 2. The Labute approximate surface area is 213 Å². The monoisotopic (exact) mass is 500 g/mol. The number of aryl methyl sites for hydroxylation is 1. The Balaban J connectivity index is 1.74. The van der Waals surface area contributed by atoms with Gasteiger partial charge >= 0.3 is 0 Å². The Hall–Kier alpha value is -2.77. The van der Waals surface area contributed by atoms with E-state index in [1.807, 2.05) is 38.7 Å². The topological polar surface area (TPSA) is 95.2 Å². The van der Waals surface area contributed by atoms with Gasteiger partial charge in [0.05, 0.1) is 18.0 Å². The third kappa shape index (κ3) is 7.14. The largest absolute Gasteiger partial charge is 0.346 e. The summed E-state index contributed by atoms with van der Waals surface area (Å²) >= 11 is 0. The average molecular weight is 501 g/mol. The van der Waals surface area contributed by atoms with Gasteiger partial charge in [-0.1, -0.05) is 27.7 Å². The Bertz CT molecular complexity index is 1080. The number of aromatic nitrogens is 2. The minimum absolute atomic E-state index is 0.0383. The number of hydrogen-bond donors (Lipinski definition) is 2. The van der Waals surface area contributed by atoms with Crippen molar-refractivity contribution in [3.8, 4) is 0 Å². The van der Waals surface area contributed by atoms with E-state index in [2.05, 4.69) is 22.2 Å². The molecule has 1 aromatic heterocycles. The molecular formula is C28H41FN4O3. The summed E-state index contributed by atoms with van der Waals surface area (Å²) in [6.07, 6.45) is 4.99. The number of amides is 2. The van der Waals surface area contributed by atoms with Crippen LogP contribution >= 0.6 is 0 Å². The quantitative estimate of drug-likeness (QED) is 0.445. The Kier molecular flexibility index (Phi) is 9.63. The van der Waals surface area contributed by atoms with E-state index in [-0.39, 0.29) is 47.9 Å². The van der Waals surface area contributed by atoms with Crippen LogP contribution < -0.4 is 5.32 Å². The summed E-state index contributed by atoms with van der Waals surface area (Å²) in [5.41, 5.74) is 1.62. The van der Waals surface area contributed by atoms with Crippen LogP contribution in [0.25, 0.3) is 11.0 Å². The molecule has 2 heterocycles. The van der Waals surface area contributed by atoms with Crippen molar-refractivity contribution < 1.29 is 18.8 Å². The first kappa shape index (κ1) is 27.8. The number of aromatic amines is 1. The summed E-state index contributed by atoms with van der Waals surface area (Å²) in [6, 6.07) is 2.55. The lowest BCUT2D eigenvalue weighted by Gasteiger charge is -2.36. The number of carbonyl (C=O) groups excluding carboxylic acids is 3. The van der Waals surface area contributed by atoms with Gasteiger partial charge in [0.2, 0.25) is 11.8 Å². The van der Waals surface area contributed by atoms with Gasteiger partial charge in [-0.05, 0) is 62.6 Å². The lowest BCUT2D eigenvalue weighted by atomic mass is 9.95. The van der Waals surface area contributed by atoms with Gasteiger partial charge in [-0.15, -0.1) is 0 Å². The number of imidazole rings is 1. The molecule has 1 aliphatic rings. The van der Waals surface area contributed by atoms with Crippen LogP contribution in [0.2, 0.25) is 0 Å². The summed E-state index contributed by atoms with van der Waals surface area (Å²) in [7, 11) is 0. The standard InChI is InChI=1S/C28H41FN4O3/c1-6-20-9-7-8-12-33(20)26(36)16-22(30-25(35)11-10-17(2)3)24(34)15-19(5)28-31-23-14-18(4)13-21(29)27(23)32-28/h13-14,17,19-20,22H,6-12,15-16H2,1-5H3,(H,30,35)(H,31,32)/t19-,20-,22-/m0/s1. The van der Waals surface area contributed by atoms with E-state index >= 15 is 0 Å². The normalized spacial score (nSPS) is 17.9. The van der Waals surface area contributed by atoms with Gasteiger partial charge in [0, 0.05) is 31.3 Å². The number of Topliss-reactive ketones (excluding diaryl/α,β-unsaturated/α-hetero) is 1. The smallest absolute Gasteiger partial charge is 0.225 e. The number of hydrogen-bond acceptors (Lipinski definition) is 4. The maximum atomic E-state index is 14.3. The Morgan fingerprint density at radius 2 is 1.94 bits per heavy atom. The molecule has 0 aliphatic carbocycles. The number of rotatable bonds is 11. The predicted molar refractivity (Wildman–Crippen MR) is 139 cm³/mol. The first-order chi connectivity index (χ1) is 17.1. The molecule has 0 radical (unpaired) electrons. The zero-order chi connectivity index (χ0) is 26.4. The molecular weight excluding hydrogens is 459 g/mol. The lowest BCUT2D eigenvalue weighted by Crippen LogP contribution is -2.49. The Morgan fingerprint density at radius 1 is 1.19 bits per heavy atom. The van der Waals surface area contributed by atoms with Gasteiger partial charge in [-0.25, -0.2) is 9.37 Å². The molecule has 198 valence electrons. The number of fused-ring (bicyclic) bond motifs is 1. The highest BCUT2D eigenvalue weighted by Crippen LogP contribution is 2.25. The molecule has 7 nitrogen and oxygen atoms in total. The zero-order valence-electron chi connectivity index (χ0n) is 22.3. The highest BCUT2D eigenvalue weighted by atomic mass is 19.1. The molecule has 1 fully saturated rings. The van der Waals surface area contributed by atoms with E-state index in [1.165, 1.54) is 6.07 Å². The molecule has 0 spiro atoms. The fourth-order valence-corrected chi connectivity index (χ4v) is 4.98. The minimum Gasteiger partial charge on any atom is -0.346 e. The predicted octanol–water partition coefficient (Wildman–Crippen LogP) is 5.18. The summed E-state index contributed by atoms with van der Waals surface area (Å²) in [5, 5.41) is 2.85. The van der Waals surface area contributed by atoms with Gasteiger partial charge in [0.1, 0.15) is 11.3 Å². The molecule has 3 rings (SSSR count). The number of nitrogens with one attached hydrogen (secondary N) is 2. The molecule has 8 heteroatoms. The highest BCUT2D eigenvalue weighted by Gasteiger charge is 2.31. The van der Waals surface area contributed by atoms with Gasteiger partial charge in [-0.2, -0.15) is 0 Å². The van der Waals surface area contributed by atoms with E-state index in [0.29, 0.717) is 36.6 Å². The van der Waals surface area contributed by atoms with E-state index in [4.69, 9.17) is 0 Å². The van der Waals surface area contributed by atoms with Crippen LogP contribution in [0.1, 0.15) is 96.4 Å². The number of carbonyl (C=O) groups is 3. The number of benzene rings is 1. The molecule has 1 saturated heterocycles. The van der Waals surface area contributed by atoms with E-state index in [9.17, 15) is 18.8 Å². The number of H-pyrrole nitrogens is 1. The molecule has 0 saturated carbocycles. The lowest BCUT2D eigenvalue weighted by molar-refractivity contribution is -0.138. The third-order valence-corrected chi connectivity index (χ3v) is 7.15. The highest BCUT2D eigenvalue weighted by molar-refractivity contribution is 5.93. The molecule has 1 aliphatic heterocycles. The fourth-order valence-electron chi connectivity index (χ4n) is 4.98. The number of ketones is 1. The number of halogens is 1. The first-order valence-electron chi connectivity index (χ1n) is 13.4. The molecule has 2 aromatic rings. The van der Waals surface area contributed by atoms with Crippen LogP contribution in [0, 0.1) is 18.7 Å². The van der Waals surface area contributed by atoms with Crippen molar-refractivity contribution in [2.24, 2.45) is 5.92 Å². The third-order valence-electron chi connectivity index (χ3n) is 7.15. The molecule has 2 amide bonds. The van der Waals surface area contributed by atoms with E-state index in [1.54, 1.807) is 0 Å². The van der Waals surface area contributed by atoms with Crippen LogP contribution in [-0.2, 0) is 14.4 Å².